The summed E-state index contributed by atoms with van der Waals surface area (Å²) in [6.07, 6.45) is 0. The standard InChI is InChI=1S/C14H15F2NOS/c1-9-7-8-19-13(9)10(2)17-11-3-5-12(6-4-11)18-14(15)16/h3-8,10,14,17H,1-2H3. The van der Waals surface area contributed by atoms with Crippen LogP contribution in [0.1, 0.15) is 23.4 Å². The molecule has 1 N–H and O–H groups in total. The van der Waals surface area contributed by atoms with E-state index in [1.807, 2.05) is 0 Å². The van der Waals surface area contributed by atoms with E-state index in [0.717, 1.165) is 5.69 Å². The Morgan fingerprint density at radius 2 is 1.84 bits per heavy atom. The number of nitrogens with one attached hydrogen (secondary N) is 1. The van der Waals surface area contributed by atoms with Gasteiger partial charge in [-0.1, -0.05) is 0 Å². The first-order chi connectivity index (χ1) is 9.06. The largest absolute Gasteiger partial charge is 0.435 e. The maximum atomic E-state index is 12.0. The Bertz CT molecular complexity index is 524. The van der Waals surface area contributed by atoms with E-state index >= 15 is 0 Å². The molecule has 1 aromatic heterocycles. The fraction of sp³-hybridized carbons (Fsp3) is 0.286. The highest BCUT2D eigenvalue weighted by Gasteiger charge is 2.10. The number of hydrogen-bond donors (Lipinski definition) is 1. The molecule has 1 heterocycles. The molecular weight excluding hydrogens is 268 g/mol. The zero-order valence-electron chi connectivity index (χ0n) is 10.7. The summed E-state index contributed by atoms with van der Waals surface area (Å²) in [5, 5.41) is 5.39. The summed E-state index contributed by atoms with van der Waals surface area (Å²) in [5.41, 5.74) is 2.13. The monoisotopic (exact) mass is 283 g/mol. The summed E-state index contributed by atoms with van der Waals surface area (Å²) >= 11 is 1.70. The second-order valence-electron chi connectivity index (χ2n) is 4.24. The first-order valence-corrected chi connectivity index (χ1v) is 6.79. The summed E-state index contributed by atoms with van der Waals surface area (Å²) in [4.78, 5) is 1.27. The lowest BCUT2D eigenvalue weighted by Gasteiger charge is -2.15. The molecule has 5 heteroatoms. The maximum absolute atomic E-state index is 12.0. The molecule has 0 aliphatic heterocycles. The van der Waals surface area contributed by atoms with E-state index in [4.69, 9.17) is 0 Å². The third kappa shape index (κ3) is 3.67. The minimum absolute atomic E-state index is 0.167. The van der Waals surface area contributed by atoms with E-state index in [0.29, 0.717) is 0 Å². The SMILES string of the molecule is Cc1ccsc1C(C)Nc1ccc(OC(F)F)cc1. The van der Waals surface area contributed by atoms with E-state index in [1.165, 1.54) is 22.6 Å². The van der Waals surface area contributed by atoms with Crippen LogP contribution >= 0.6 is 11.3 Å². The molecule has 0 bridgehead atoms. The molecule has 1 atom stereocenters. The van der Waals surface area contributed by atoms with Gasteiger partial charge in [-0.3, -0.25) is 0 Å². The lowest BCUT2D eigenvalue weighted by molar-refractivity contribution is -0.0498. The van der Waals surface area contributed by atoms with Crippen molar-refractivity contribution in [3.05, 3.63) is 46.2 Å². The Morgan fingerprint density at radius 1 is 1.16 bits per heavy atom. The molecule has 0 aliphatic rings. The van der Waals surface area contributed by atoms with Crippen LogP contribution in [0.2, 0.25) is 0 Å². The molecule has 2 nitrogen and oxygen atoms in total. The van der Waals surface area contributed by atoms with Gasteiger partial charge >= 0.3 is 6.61 Å². The third-order valence-corrected chi connectivity index (χ3v) is 3.96. The van der Waals surface area contributed by atoms with Gasteiger partial charge in [0, 0.05) is 10.6 Å². The summed E-state index contributed by atoms with van der Waals surface area (Å²) in [5.74, 6) is 0.167. The Labute approximate surface area is 115 Å². The van der Waals surface area contributed by atoms with Gasteiger partial charge in [-0.2, -0.15) is 8.78 Å². The average molecular weight is 283 g/mol. The van der Waals surface area contributed by atoms with Gasteiger partial charge in [-0.05, 0) is 55.1 Å². The molecule has 0 saturated heterocycles. The second-order valence-corrected chi connectivity index (χ2v) is 5.18. The number of benzene rings is 1. The Balaban J connectivity index is 2.01. The molecule has 2 rings (SSSR count). The van der Waals surface area contributed by atoms with Crippen molar-refractivity contribution >= 4 is 17.0 Å². The Kier molecular flexibility index (Phi) is 4.37. The molecule has 0 spiro atoms. The number of halogens is 2. The van der Waals surface area contributed by atoms with Crippen LogP contribution in [-0.4, -0.2) is 6.61 Å². The highest BCUT2D eigenvalue weighted by atomic mass is 32.1. The van der Waals surface area contributed by atoms with Crippen LogP contribution in [0.5, 0.6) is 5.75 Å². The predicted molar refractivity (Wildman–Crippen MR) is 74.2 cm³/mol. The van der Waals surface area contributed by atoms with Crippen LogP contribution in [0.15, 0.2) is 35.7 Å². The lowest BCUT2D eigenvalue weighted by Crippen LogP contribution is -2.06. The van der Waals surface area contributed by atoms with Crippen LogP contribution in [0.3, 0.4) is 0 Å². The van der Waals surface area contributed by atoms with Gasteiger partial charge in [-0.25, -0.2) is 0 Å². The number of hydrogen-bond acceptors (Lipinski definition) is 3. The number of ether oxygens (including phenoxy) is 1. The summed E-state index contributed by atoms with van der Waals surface area (Å²) in [6, 6.07) is 8.79. The smallest absolute Gasteiger partial charge is 0.387 e. The van der Waals surface area contributed by atoms with Gasteiger partial charge in [0.15, 0.2) is 0 Å². The van der Waals surface area contributed by atoms with E-state index in [-0.39, 0.29) is 11.8 Å². The number of alkyl halides is 2. The molecule has 0 saturated carbocycles. The van der Waals surface area contributed by atoms with Crippen molar-refractivity contribution in [2.45, 2.75) is 26.5 Å². The molecule has 19 heavy (non-hydrogen) atoms. The zero-order chi connectivity index (χ0) is 13.8. The summed E-state index contributed by atoms with van der Waals surface area (Å²) in [6.45, 7) is 1.36. The molecule has 0 amide bonds. The van der Waals surface area contributed by atoms with Crippen molar-refractivity contribution in [2.75, 3.05) is 5.32 Å². The highest BCUT2D eigenvalue weighted by Crippen LogP contribution is 2.27. The van der Waals surface area contributed by atoms with E-state index in [9.17, 15) is 8.78 Å². The van der Waals surface area contributed by atoms with E-state index < -0.39 is 6.61 Å². The van der Waals surface area contributed by atoms with Crippen molar-refractivity contribution in [3.8, 4) is 5.75 Å². The fourth-order valence-corrected chi connectivity index (χ4v) is 2.81. The molecule has 2 aromatic rings. The maximum Gasteiger partial charge on any atom is 0.387 e. The molecule has 1 unspecified atom stereocenters. The van der Waals surface area contributed by atoms with Crippen LogP contribution < -0.4 is 10.1 Å². The van der Waals surface area contributed by atoms with Gasteiger partial charge in [0.2, 0.25) is 0 Å². The first-order valence-electron chi connectivity index (χ1n) is 5.91. The number of thiophene rings is 1. The Hall–Kier alpha value is -1.62. The van der Waals surface area contributed by atoms with Crippen LogP contribution in [0, 0.1) is 6.92 Å². The number of aryl methyl sites for hydroxylation is 1. The molecule has 0 radical (unpaired) electrons. The van der Waals surface area contributed by atoms with Gasteiger partial charge in [-0.15, -0.1) is 11.3 Å². The normalized spacial score (nSPS) is 12.5. The van der Waals surface area contributed by atoms with E-state index in [1.54, 1.807) is 23.5 Å². The summed E-state index contributed by atoms with van der Waals surface area (Å²) < 4.78 is 28.4. The van der Waals surface area contributed by atoms with Gasteiger partial charge in [0.1, 0.15) is 5.75 Å². The third-order valence-electron chi connectivity index (χ3n) is 2.76. The van der Waals surface area contributed by atoms with Gasteiger partial charge in [0.05, 0.1) is 6.04 Å². The molecule has 0 aliphatic carbocycles. The molecular formula is C14H15F2NOS. The van der Waals surface area contributed by atoms with Gasteiger partial charge in [0.25, 0.3) is 0 Å². The minimum atomic E-state index is -2.79. The molecule has 0 fully saturated rings. The van der Waals surface area contributed by atoms with E-state index in [2.05, 4.69) is 35.3 Å². The van der Waals surface area contributed by atoms with Crippen molar-refractivity contribution in [1.29, 1.82) is 0 Å². The number of anilines is 1. The molecule has 102 valence electrons. The quantitative estimate of drug-likeness (QED) is 0.848. The zero-order valence-corrected chi connectivity index (χ0v) is 11.5. The average Bonchev–Trinajstić information content (AvgIpc) is 2.77. The highest BCUT2D eigenvalue weighted by molar-refractivity contribution is 7.10. The lowest BCUT2D eigenvalue weighted by atomic mass is 10.2. The Morgan fingerprint density at radius 3 is 2.37 bits per heavy atom. The first kappa shape index (κ1) is 13.8. The van der Waals surface area contributed by atoms with Crippen LogP contribution in [0.25, 0.3) is 0 Å². The predicted octanol–water partition coefficient (Wildman–Crippen LogP) is 4.83. The van der Waals surface area contributed by atoms with Crippen molar-refractivity contribution in [3.63, 3.8) is 0 Å². The fourth-order valence-electron chi connectivity index (χ4n) is 1.88. The van der Waals surface area contributed by atoms with Crippen molar-refractivity contribution < 1.29 is 13.5 Å². The van der Waals surface area contributed by atoms with Crippen LogP contribution in [0.4, 0.5) is 14.5 Å². The van der Waals surface area contributed by atoms with Gasteiger partial charge < -0.3 is 10.1 Å². The van der Waals surface area contributed by atoms with Crippen LogP contribution in [-0.2, 0) is 0 Å². The van der Waals surface area contributed by atoms with Crippen molar-refractivity contribution in [1.82, 2.24) is 0 Å². The number of rotatable bonds is 5. The second kappa shape index (κ2) is 6.02. The summed E-state index contributed by atoms with van der Waals surface area (Å²) in [7, 11) is 0. The minimum Gasteiger partial charge on any atom is -0.435 e. The topological polar surface area (TPSA) is 21.3 Å². The molecule has 1 aromatic carbocycles. The van der Waals surface area contributed by atoms with Crippen molar-refractivity contribution in [2.24, 2.45) is 0 Å².